The Morgan fingerprint density at radius 1 is 1.16 bits per heavy atom. The number of nitrogens with zero attached hydrogens (tertiary/aromatic N) is 1. The van der Waals surface area contributed by atoms with Crippen molar-refractivity contribution in [2.24, 2.45) is 5.73 Å². The molecule has 0 aliphatic heterocycles. The molecule has 0 spiro atoms. The lowest BCUT2D eigenvalue weighted by Gasteiger charge is -2.36. The molecule has 2 rings (SSSR count). The minimum absolute atomic E-state index is 0.158. The molecule has 1 aromatic carbocycles. The van der Waals surface area contributed by atoms with Crippen LogP contribution in [0.4, 0.5) is 4.39 Å². The average molecular weight is 264 g/mol. The number of nitrogens with two attached hydrogens (primary N) is 1. The zero-order valence-electron chi connectivity index (χ0n) is 11.8. The van der Waals surface area contributed by atoms with Gasteiger partial charge in [-0.15, -0.1) is 0 Å². The molecule has 1 saturated carbocycles. The summed E-state index contributed by atoms with van der Waals surface area (Å²) in [5, 5.41) is 0. The maximum atomic E-state index is 12.9. The molecule has 1 aliphatic rings. The monoisotopic (exact) mass is 264 g/mol. The predicted molar refractivity (Wildman–Crippen MR) is 77.3 cm³/mol. The summed E-state index contributed by atoms with van der Waals surface area (Å²) in [5.41, 5.74) is 7.18. The standard InChI is InChI=1S/C16H25FN2/c1-2-11-19(16-9-7-15(18)8-10-16)12-13-3-5-14(17)6-4-13/h3-6,15-16H,2,7-12,18H2,1H3. The molecule has 1 aromatic rings. The second kappa shape index (κ2) is 7.01. The summed E-state index contributed by atoms with van der Waals surface area (Å²) < 4.78 is 12.9. The molecule has 0 saturated heterocycles. The molecule has 0 amide bonds. The van der Waals surface area contributed by atoms with Gasteiger partial charge in [-0.25, -0.2) is 4.39 Å². The Labute approximate surface area is 115 Å². The van der Waals surface area contributed by atoms with Crippen molar-refractivity contribution in [3.05, 3.63) is 35.6 Å². The largest absolute Gasteiger partial charge is 0.328 e. The van der Waals surface area contributed by atoms with E-state index in [1.807, 2.05) is 12.1 Å². The zero-order valence-corrected chi connectivity index (χ0v) is 11.8. The Morgan fingerprint density at radius 2 is 1.79 bits per heavy atom. The lowest BCUT2D eigenvalue weighted by atomic mass is 9.90. The van der Waals surface area contributed by atoms with Gasteiger partial charge in [0, 0.05) is 18.6 Å². The van der Waals surface area contributed by atoms with Crippen LogP contribution in [0.1, 0.15) is 44.6 Å². The molecule has 0 atom stereocenters. The molecule has 19 heavy (non-hydrogen) atoms. The van der Waals surface area contributed by atoms with Crippen molar-refractivity contribution in [2.45, 2.75) is 57.7 Å². The van der Waals surface area contributed by atoms with Gasteiger partial charge in [0.2, 0.25) is 0 Å². The van der Waals surface area contributed by atoms with Crippen molar-refractivity contribution in [1.82, 2.24) is 4.90 Å². The molecule has 2 N–H and O–H groups in total. The van der Waals surface area contributed by atoms with Gasteiger partial charge in [0.1, 0.15) is 5.82 Å². The third-order valence-corrected chi connectivity index (χ3v) is 4.07. The first-order valence-corrected chi connectivity index (χ1v) is 7.43. The van der Waals surface area contributed by atoms with Crippen LogP contribution in [0.15, 0.2) is 24.3 Å². The minimum Gasteiger partial charge on any atom is -0.328 e. The highest BCUT2D eigenvalue weighted by Gasteiger charge is 2.23. The van der Waals surface area contributed by atoms with Crippen LogP contribution in [-0.4, -0.2) is 23.5 Å². The van der Waals surface area contributed by atoms with Crippen LogP contribution in [0, 0.1) is 5.82 Å². The lowest BCUT2D eigenvalue weighted by Crippen LogP contribution is -2.40. The molecular formula is C16H25FN2. The third-order valence-electron chi connectivity index (χ3n) is 4.07. The number of rotatable bonds is 5. The highest BCUT2D eigenvalue weighted by molar-refractivity contribution is 5.16. The molecule has 0 heterocycles. The fourth-order valence-corrected chi connectivity index (χ4v) is 2.97. The van der Waals surface area contributed by atoms with Crippen molar-refractivity contribution in [1.29, 1.82) is 0 Å². The summed E-state index contributed by atoms with van der Waals surface area (Å²) in [5.74, 6) is -0.158. The van der Waals surface area contributed by atoms with Crippen molar-refractivity contribution in [3.8, 4) is 0 Å². The van der Waals surface area contributed by atoms with E-state index >= 15 is 0 Å². The van der Waals surface area contributed by atoms with Crippen LogP contribution in [0.25, 0.3) is 0 Å². The molecule has 106 valence electrons. The van der Waals surface area contributed by atoms with Gasteiger partial charge in [0.05, 0.1) is 0 Å². The molecule has 0 bridgehead atoms. The van der Waals surface area contributed by atoms with E-state index in [4.69, 9.17) is 5.73 Å². The van der Waals surface area contributed by atoms with Gasteiger partial charge in [-0.3, -0.25) is 4.90 Å². The Hall–Kier alpha value is -0.930. The summed E-state index contributed by atoms with van der Waals surface area (Å²) in [6, 6.07) is 7.93. The van der Waals surface area contributed by atoms with E-state index in [0.717, 1.165) is 32.4 Å². The average Bonchev–Trinajstić information content (AvgIpc) is 2.42. The number of benzene rings is 1. The lowest BCUT2D eigenvalue weighted by molar-refractivity contribution is 0.142. The quantitative estimate of drug-likeness (QED) is 0.884. The second-order valence-corrected chi connectivity index (χ2v) is 5.67. The topological polar surface area (TPSA) is 29.3 Å². The molecule has 0 unspecified atom stereocenters. The summed E-state index contributed by atoms with van der Waals surface area (Å²) in [7, 11) is 0. The van der Waals surface area contributed by atoms with Crippen molar-refractivity contribution in [3.63, 3.8) is 0 Å². The van der Waals surface area contributed by atoms with Gasteiger partial charge < -0.3 is 5.73 Å². The number of hydrogen-bond donors (Lipinski definition) is 1. The molecule has 1 fully saturated rings. The van der Waals surface area contributed by atoms with E-state index in [1.54, 1.807) is 12.1 Å². The van der Waals surface area contributed by atoms with Crippen molar-refractivity contribution >= 4 is 0 Å². The van der Waals surface area contributed by atoms with Crippen LogP contribution < -0.4 is 5.73 Å². The molecule has 0 radical (unpaired) electrons. The summed E-state index contributed by atoms with van der Waals surface area (Å²) >= 11 is 0. The first-order valence-electron chi connectivity index (χ1n) is 7.43. The highest BCUT2D eigenvalue weighted by atomic mass is 19.1. The highest BCUT2D eigenvalue weighted by Crippen LogP contribution is 2.24. The van der Waals surface area contributed by atoms with Gasteiger partial charge in [-0.05, 0) is 56.3 Å². The maximum Gasteiger partial charge on any atom is 0.123 e. The van der Waals surface area contributed by atoms with Gasteiger partial charge in [0.15, 0.2) is 0 Å². The summed E-state index contributed by atoms with van der Waals surface area (Å²) in [6.45, 7) is 4.25. The third kappa shape index (κ3) is 4.29. The zero-order chi connectivity index (χ0) is 13.7. The Bertz CT molecular complexity index is 369. The van der Waals surface area contributed by atoms with Gasteiger partial charge in [-0.2, -0.15) is 0 Å². The Kier molecular flexibility index (Phi) is 5.34. The Balaban J connectivity index is 1.97. The molecule has 3 heteroatoms. The van der Waals surface area contributed by atoms with E-state index in [9.17, 15) is 4.39 Å². The number of halogens is 1. The predicted octanol–water partition coefficient (Wildman–Crippen LogP) is 3.31. The fraction of sp³-hybridized carbons (Fsp3) is 0.625. The summed E-state index contributed by atoms with van der Waals surface area (Å²) in [4.78, 5) is 2.54. The van der Waals surface area contributed by atoms with Gasteiger partial charge in [-0.1, -0.05) is 19.1 Å². The first-order chi connectivity index (χ1) is 9.19. The van der Waals surface area contributed by atoms with Crippen LogP contribution >= 0.6 is 0 Å². The fourth-order valence-electron chi connectivity index (χ4n) is 2.97. The van der Waals surface area contributed by atoms with Crippen molar-refractivity contribution in [2.75, 3.05) is 6.54 Å². The van der Waals surface area contributed by atoms with Crippen LogP contribution in [0.5, 0.6) is 0 Å². The SMILES string of the molecule is CCCN(Cc1ccc(F)cc1)C1CCC(N)CC1. The van der Waals surface area contributed by atoms with E-state index < -0.39 is 0 Å². The summed E-state index contributed by atoms with van der Waals surface area (Å²) in [6.07, 6.45) is 5.82. The normalized spacial score (nSPS) is 23.8. The van der Waals surface area contributed by atoms with E-state index in [1.165, 1.54) is 18.4 Å². The smallest absolute Gasteiger partial charge is 0.123 e. The van der Waals surface area contributed by atoms with Crippen LogP contribution in [0.2, 0.25) is 0 Å². The van der Waals surface area contributed by atoms with E-state index in [-0.39, 0.29) is 5.82 Å². The molecule has 2 nitrogen and oxygen atoms in total. The first kappa shape index (κ1) is 14.5. The van der Waals surface area contributed by atoms with Crippen LogP contribution in [0.3, 0.4) is 0 Å². The Morgan fingerprint density at radius 3 is 2.37 bits per heavy atom. The number of hydrogen-bond acceptors (Lipinski definition) is 2. The molecular weight excluding hydrogens is 239 g/mol. The second-order valence-electron chi connectivity index (χ2n) is 5.67. The van der Waals surface area contributed by atoms with Gasteiger partial charge in [0.25, 0.3) is 0 Å². The van der Waals surface area contributed by atoms with Gasteiger partial charge >= 0.3 is 0 Å². The molecule has 1 aliphatic carbocycles. The molecule has 0 aromatic heterocycles. The van der Waals surface area contributed by atoms with Crippen molar-refractivity contribution < 1.29 is 4.39 Å². The van der Waals surface area contributed by atoms with E-state index in [0.29, 0.717) is 12.1 Å². The maximum absolute atomic E-state index is 12.9. The van der Waals surface area contributed by atoms with E-state index in [2.05, 4.69) is 11.8 Å². The minimum atomic E-state index is -0.158. The van der Waals surface area contributed by atoms with Crippen LogP contribution in [-0.2, 0) is 6.54 Å².